The second kappa shape index (κ2) is 9.93. The standard InChI is InChI=1S/C23H23FN6O5S/c1-14(31)26-12-16-13-30(23(33)34-16)15-2-3-19(17(24)10-15)28-5-7-29(8-6-28)22(32)20-11-18(27-35-20)21-25-4-9-36-21/h2-4,9-11,16H,5-8,12-13H2,1H3,(H,26,31). The molecule has 5 rings (SSSR count). The van der Waals surface area contributed by atoms with E-state index < -0.39 is 18.0 Å². The first-order valence-corrected chi connectivity index (χ1v) is 12.2. The second-order valence-corrected chi connectivity index (χ2v) is 9.28. The highest BCUT2D eigenvalue weighted by Crippen LogP contribution is 2.29. The molecule has 2 aromatic heterocycles. The van der Waals surface area contributed by atoms with Gasteiger partial charge in [-0.05, 0) is 18.2 Å². The quantitative estimate of drug-likeness (QED) is 0.532. The van der Waals surface area contributed by atoms with Crippen LogP contribution >= 0.6 is 11.3 Å². The van der Waals surface area contributed by atoms with E-state index in [1.807, 2.05) is 10.3 Å². The predicted octanol–water partition coefficient (Wildman–Crippen LogP) is 2.36. The van der Waals surface area contributed by atoms with Crippen molar-refractivity contribution in [3.05, 3.63) is 47.4 Å². The Kier molecular flexibility index (Phi) is 6.55. The van der Waals surface area contributed by atoms with Gasteiger partial charge in [0.1, 0.15) is 22.6 Å². The molecule has 0 bridgehead atoms. The molecule has 188 valence electrons. The Morgan fingerprint density at radius 3 is 2.72 bits per heavy atom. The third-order valence-electron chi connectivity index (χ3n) is 5.98. The van der Waals surface area contributed by atoms with Crippen LogP contribution in [0.3, 0.4) is 0 Å². The highest BCUT2D eigenvalue weighted by atomic mass is 32.1. The first-order chi connectivity index (χ1) is 17.4. The molecule has 1 atom stereocenters. The summed E-state index contributed by atoms with van der Waals surface area (Å²) in [7, 11) is 0. The van der Waals surface area contributed by atoms with Gasteiger partial charge in [0.05, 0.1) is 24.5 Å². The van der Waals surface area contributed by atoms with Gasteiger partial charge in [-0.25, -0.2) is 14.2 Å². The first kappa shape index (κ1) is 23.7. The van der Waals surface area contributed by atoms with E-state index in [9.17, 15) is 14.4 Å². The third-order valence-corrected chi connectivity index (χ3v) is 6.77. The minimum atomic E-state index is -0.588. The topological polar surface area (TPSA) is 121 Å². The largest absolute Gasteiger partial charge is 0.442 e. The smallest absolute Gasteiger partial charge is 0.414 e. The number of halogens is 1. The van der Waals surface area contributed by atoms with Crippen LogP contribution in [0.5, 0.6) is 0 Å². The predicted molar refractivity (Wildman–Crippen MR) is 128 cm³/mol. The molecule has 0 radical (unpaired) electrons. The lowest BCUT2D eigenvalue weighted by Crippen LogP contribution is -2.49. The summed E-state index contributed by atoms with van der Waals surface area (Å²) < 4.78 is 25.5. The Morgan fingerprint density at radius 1 is 1.22 bits per heavy atom. The average molecular weight is 515 g/mol. The van der Waals surface area contributed by atoms with E-state index in [2.05, 4.69) is 15.5 Å². The molecule has 2 aliphatic heterocycles. The van der Waals surface area contributed by atoms with Crippen LogP contribution in [-0.4, -0.2) is 78.3 Å². The molecule has 0 aliphatic carbocycles. The lowest BCUT2D eigenvalue weighted by atomic mass is 10.2. The van der Waals surface area contributed by atoms with Crippen molar-refractivity contribution in [3.63, 3.8) is 0 Å². The summed E-state index contributed by atoms with van der Waals surface area (Å²) in [5.41, 5.74) is 1.28. The number of nitrogens with one attached hydrogen (secondary N) is 1. The molecular formula is C23H23FN6O5S. The summed E-state index contributed by atoms with van der Waals surface area (Å²) in [4.78, 5) is 45.1. The van der Waals surface area contributed by atoms with Crippen LogP contribution in [0.25, 0.3) is 10.7 Å². The second-order valence-electron chi connectivity index (χ2n) is 8.38. The zero-order valence-corrected chi connectivity index (χ0v) is 20.2. The number of amides is 3. The molecule has 0 spiro atoms. The molecular weight excluding hydrogens is 491 g/mol. The third kappa shape index (κ3) is 4.87. The number of piperazine rings is 1. The van der Waals surface area contributed by atoms with E-state index in [0.29, 0.717) is 48.3 Å². The Balaban J connectivity index is 1.19. The van der Waals surface area contributed by atoms with Crippen molar-refractivity contribution in [1.29, 1.82) is 0 Å². The summed E-state index contributed by atoms with van der Waals surface area (Å²) in [5.74, 6) is -0.836. The molecule has 4 heterocycles. The van der Waals surface area contributed by atoms with Gasteiger partial charge in [-0.3, -0.25) is 14.5 Å². The SMILES string of the molecule is CC(=O)NCC1CN(c2ccc(N3CCN(C(=O)c4cc(-c5nccs5)no4)CC3)c(F)c2)C(=O)O1. The number of benzene rings is 1. The van der Waals surface area contributed by atoms with Gasteiger partial charge in [-0.15, -0.1) is 11.3 Å². The van der Waals surface area contributed by atoms with E-state index in [1.165, 1.54) is 29.2 Å². The van der Waals surface area contributed by atoms with E-state index in [0.717, 1.165) is 0 Å². The van der Waals surface area contributed by atoms with Crippen LogP contribution in [0.1, 0.15) is 17.5 Å². The number of rotatable bonds is 6. The Labute approximate surface area is 209 Å². The summed E-state index contributed by atoms with van der Waals surface area (Å²) in [6.45, 7) is 3.42. The van der Waals surface area contributed by atoms with Crippen LogP contribution in [0, 0.1) is 5.82 Å². The average Bonchev–Trinajstić information content (AvgIpc) is 3.63. The van der Waals surface area contributed by atoms with E-state index >= 15 is 4.39 Å². The van der Waals surface area contributed by atoms with Crippen LogP contribution in [0.2, 0.25) is 0 Å². The molecule has 1 aromatic carbocycles. The van der Waals surface area contributed by atoms with Crippen molar-refractivity contribution >= 4 is 40.6 Å². The number of hydrogen-bond acceptors (Lipinski definition) is 9. The number of aromatic nitrogens is 2. The maximum Gasteiger partial charge on any atom is 0.414 e. The molecule has 1 N–H and O–H groups in total. The molecule has 3 amide bonds. The monoisotopic (exact) mass is 514 g/mol. The minimum Gasteiger partial charge on any atom is -0.442 e. The summed E-state index contributed by atoms with van der Waals surface area (Å²) in [6, 6.07) is 6.15. The summed E-state index contributed by atoms with van der Waals surface area (Å²) in [5, 5.41) is 9.03. The number of nitrogens with zero attached hydrogens (tertiary/aromatic N) is 5. The van der Waals surface area contributed by atoms with Gasteiger partial charge in [-0.1, -0.05) is 5.16 Å². The van der Waals surface area contributed by atoms with Gasteiger partial charge in [0, 0.05) is 50.7 Å². The van der Waals surface area contributed by atoms with Crippen LogP contribution in [-0.2, 0) is 9.53 Å². The van der Waals surface area contributed by atoms with E-state index in [1.54, 1.807) is 29.3 Å². The zero-order chi connectivity index (χ0) is 25.2. The fourth-order valence-corrected chi connectivity index (χ4v) is 4.74. The molecule has 2 fully saturated rings. The van der Waals surface area contributed by atoms with Crippen LogP contribution in [0.4, 0.5) is 20.6 Å². The number of ether oxygens (including phenoxy) is 1. The molecule has 1 unspecified atom stereocenters. The van der Waals surface area contributed by atoms with Crippen molar-refractivity contribution < 1.29 is 28.0 Å². The van der Waals surface area contributed by atoms with Crippen molar-refractivity contribution in [1.82, 2.24) is 20.4 Å². The summed E-state index contributed by atoms with van der Waals surface area (Å²) in [6.07, 6.45) is 0.565. The van der Waals surface area contributed by atoms with E-state index in [-0.39, 0.29) is 30.7 Å². The lowest BCUT2D eigenvalue weighted by molar-refractivity contribution is -0.119. The fourth-order valence-electron chi connectivity index (χ4n) is 4.15. The molecule has 0 saturated carbocycles. The summed E-state index contributed by atoms with van der Waals surface area (Å²) >= 11 is 1.40. The van der Waals surface area contributed by atoms with Gasteiger partial charge in [0.2, 0.25) is 11.7 Å². The Bertz CT molecular complexity index is 1270. The first-order valence-electron chi connectivity index (χ1n) is 11.3. The van der Waals surface area contributed by atoms with Gasteiger partial charge in [-0.2, -0.15) is 0 Å². The van der Waals surface area contributed by atoms with Gasteiger partial charge < -0.3 is 24.4 Å². The fraction of sp³-hybridized carbons (Fsp3) is 0.348. The Hall–Kier alpha value is -4.00. The van der Waals surface area contributed by atoms with E-state index in [4.69, 9.17) is 9.26 Å². The molecule has 13 heteroatoms. The van der Waals surface area contributed by atoms with Crippen LogP contribution in [0.15, 0.2) is 40.4 Å². The minimum absolute atomic E-state index is 0.137. The van der Waals surface area contributed by atoms with Crippen molar-refractivity contribution in [2.75, 3.05) is 49.1 Å². The Morgan fingerprint density at radius 2 is 2.03 bits per heavy atom. The molecule has 36 heavy (non-hydrogen) atoms. The maximum absolute atomic E-state index is 15.0. The van der Waals surface area contributed by atoms with Crippen molar-refractivity contribution in [2.45, 2.75) is 13.0 Å². The van der Waals surface area contributed by atoms with Gasteiger partial charge in [0.15, 0.2) is 0 Å². The number of cyclic esters (lactones) is 1. The molecule has 2 saturated heterocycles. The maximum atomic E-state index is 15.0. The molecule has 11 nitrogen and oxygen atoms in total. The van der Waals surface area contributed by atoms with Gasteiger partial charge in [0.25, 0.3) is 5.91 Å². The lowest BCUT2D eigenvalue weighted by Gasteiger charge is -2.35. The number of thiazole rings is 1. The number of hydrogen-bond donors (Lipinski definition) is 1. The molecule has 3 aromatic rings. The van der Waals surface area contributed by atoms with Crippen molar-refractivity contribution in [2.24, 2.45) is 0 Å². The van der Waals surface area contributed by atoms with Crippen molar-refractivity contribution in [3.8, 4) is 10.7 Å². The number of carbonyl (C=O) groups excluding carboxylic acids is 3. The highest BCUT2D eigenvalue weighted by Gasteiger charge is 2.33. The number of anilines is 2. The normalized spacial score (nSPS) is 17.9. The molecule has 2 aliphatic rings. The van der Waals surface area contributed by atoms with Crippen LogP contribution < -0.4 is 15.1 Å². The highest BCUT2D eigenvalue weighted by molar-refractivity contribution is 7.13. The zero-order valence-electron chi connectivity index (χ0n) is 19.3. The van der Waals surface area contributed by atoms with Gasteiger partial charge >= 0.3 is 6.09 Å². The number of carbonyl (C=O) groups is 3.